The van der Waals surface area contributed by atoms with Crippen LogP contribution >= 0.6 is 0 Å². The molecule has 0 amide bonds. The first-order valence-electron chi connectivity index (χ1n) is 6.07. The number of allylic oxidation sites excluding steroid dienone is 2. The smallest absolute Gasteiger partial charge is 0.185 e. The summed E-state index contributed by atoms with van der Waals surface area (Å²) in [5.74, 6) is 0.991. The molecule has 3 aliphatic rings. The van der Waals surface area contributed by atoms with E-state index in [1.165, 1.54) is 0 Å². The predicted molar refractivity (Wildman–Crippen MR) is 68.4 cm³/mol. The summed E-state index contributed by atoms with van der Waals surface area (Å²) in [7, 11) is 0. The van der Waals surface area contributed by atoms with Crippen molar-refractivity contribution in [3.05, 3.63) is 53.6 Å². The molecule has 1 aromatic carbocycles. The molecule has 2 unspecified atom stereocenters. The van der Waals surface area contributed by atoms with Gasteiger partial charge in [0.05, 0.1) is 11.6 Å². The summed E-state index contributed by atoms with van der Waals surface area (Å²) in [4.78, 5) is 16.4. The maximum atomic E-state index is 11.9. The third-order valence-electron chi connectivity index (χ3n) is 3.64. The highest BCUT2D eigenvalue weighted by atomic mass is 16.5. The molecule has 88 valence electrons. The second-order valence-electron chi connectivity index (χ2n) is 4.68. The van der Waals surface area contributed by atoms with Crippen LogP contribution in [0.3, 0.4) is 0 Å². The highest BCUT2D eigenvalue weighted by Gasteiger charge is 2.37. The first-order valence-corrected chi connectivity index (χ1v) is 6.07. The lowest BCUT2D eigenvalue weighted by atomic mass is 9.82. The van der Waals surface area contributed by atoms with Crippen molar-refractivity contribution < 1.29 is 9.53 Å². The van der Waals surface area contributed by atoms with Crippen molar-refractivity contribution in [1.29, 1.82) is 0 Å². The average molecular weight is 237 g/mol. The molecule has 3 nitrogen and oxygen atoms in total. The fourth-order valence-corrected chi connectivity index (χ4v) is 2.81. The predicted octanol–water partition coefficient (Wildman–Crippen LogP) is 2.18. The normalized spacial score (nSPS) is 27.1. The first-order chi connectivity index (χ1) is 8.84. The van der Waals surface area contributed by atoms with Crippen LogP contribution in [0.5, 0.6) is 5.75 Å². The zero-order valence-electron chi connectivity index (χ0n) is 9.67. The van der Waals surface area contributed by atoms with E-state index in [2.05, 4.69) is 11.1 Å². The lowest BCUT2D eigenvalue weighted by Gasteiger charge is -2.35. The Morgan fingerprint density at radius 3 is 3.06 bits per heavy atom. The van der Waals surface area contributed by atoms with E-state index < -0.39 is 0 Å². The van der Waals surface area contributed by atoms with Crippen LogP contribution in [-0.4, -0.2) is 24.1 Å². The number of fused-ring (bicyclic) bond motifs is 2. The number of Topliss-reactive ketones (excluding diaryl/α,β-unsaturated/α-hetero) is 1. The van der Waals surface area contributed by atoms with Gasteiger partial charge in [-0.1, -0.05) is 30.4 Å². The first kappa shape index (κ1) is 9.83. The van der Waals surface area contributed by atoms with Crippen LogP contribution in [-0.2, 0) is 0 Å². The number of ether oxygens (including phenoxy) is 1. The van der Waals surface area contributed by atoms with Crippen LogP contribution in [0.4, 0.5) is 0 Å². The number of ketones is 1. The number of benzene rings is 1. The fourth-order valence-electron chi connectivity index (χ4n) is 2.81. The minimum Gasteiger partial charge on any atom is -0.485 e. The summed E-state index contributed by atoms with van der Waals surface area (Å²) in [6.45, 7) is 0.257. The molecule has 0 N–H and O–H groups in total. The van der Waals surface area contributed by atoms with Crippen LogP contribution < -0.4 is 4.74 Å². The minimum atomic E-state index is 0.00435. The number of carbonyl (C=O) groups is 1. The van der Waals surface area contributed by atoms with Gasteiger partial charge < -0.3 is 4.74 Å². The maximum Gasteiger partial charge on any atom is 0.185 e. The van der Waals surface area contributed by atoms with Crippen LogP contribution in [0, 0.1) is 5.92 Å². The molecule has 0 saturated carbocycles. The van der Waals surface area contributed by atoms with Crippen molar-refractivity contribution in [3.8, 4) is 5.75 Å². The van der Waals surface area contributed by atoms with E-state index in [1.807, 2.05) is 36.4 Å². The second kappa shape index (κ2) is 3.42. The third kappa shape index (κ3) is 1.19. The van der Waals surface area contributed by atoms with E-state index in [4.69, 9.17) is 4.74 Å². The van der Waals surface area contributed by atoms with Gasteiger partial charge in [0.2, 0.25) is 0 Å². The van der Waals surface area contributed by atoms with Crippen LogP contribution in [0.15, 0.2) is 47.5 Å². The molecule has 2 aliphatic heterocycles. The fraction of sp³-hybridized carbons (Fsp3) is 0.200. The van der Waals surface area contributed by atoms with Crippen LogP contribution in [0.25, 0.3) is 0 Å². The SMILES string of the molecule is O=C1CN=C2c3c(cccc31)OC1C=CC=CC21. The second-order valence-corrected chi connectivity index (χ2v) is 4.68. The van der Waals surface area contributed by atoms with E-state index in [-0.39, 0.29) is 24.3 Å². The molecule has 0 radical (unpaired) electrons. The van der Waals surface area contributed by atoms with Crippen molar-refractivity contribution in [2.45, 2.75) is 6.10 Å². The van der Waals surface area contributed by atoms with Crippen molar-refractivity contribution in [2.24, 2.45) is 10.9 Å². The number of carbonyl (C=O) groups excluding carboxylic acids is 1. The molecule has 0 fully saturated rings. The molecule has 2 atom stereocenters. The Bertz CT molecular complexity index is 640. The summed E-state index contributed by atoms with van der Waals surface area (Å²) in [6.07, 6.45) is 8.14. The highest BCUT2D eigenvalue weighted by molar-refractivity contribution is 6.18. The molecule has 3 heteroatoms. The number of hydrogen-bond donors (Lipinski definition) is 0. The van der Waals surface area contributed by atoms with E-state index in [0.717, 1.165) is 22.6 Å². The Labute approximate surface area is 104 Å². The van der Waals surface area contributed by atoms with Gasteiger partial charge in [0.15, 0.2) is 5.78 Å². The standard InChI is InChI=1S/C15H11NO2/c17-11-8-16-15-10-4-1-2-6-12(10)18-13-7-3-5-9(11)14(13)15/h1-7,10,12H,8H2. The number of aliphatic imine (C=N–C) groups is 1. The molecule has 1 aliphatic carbocycles. The zero-order chi connectivity index (χ0) is 12.1. The summed E-state index contributed by atoms with van der Waals surface area (Å²) >= 11 is 0. The largest absolute Gasteiger partial charge is 0.485 e. The lowest BCUT2D eigenvalue weighted by molar-refractivity contribution is 0.0997. The third-order valence-corrected chi connectivity index (χ3v) is 3.64. The van der Waals surface area contributed by atoms with Gasteiger partial charge in [-0.05, 0) is 12.1 Å². The summed E-state index contributed by atoms with van der Waals surface area (Å²) in [5.41, 5.74) is 2.64. The van der Waals surface area contributed by atoms with E-state index in [1.54, 1.807) is 0 Å². The Kier molecular flexibility index (Phi) is 1.87. The minimum absolute atomic E-state index is 0.00435. The quantitative estimate of drug-likeness (QED) is 0.693. The molecular weight excluding hydrogens is 226 g/mol. The molecule has 2 heterocycles. The summed E-state index contributed by atoms with van der Waals surface area (Å²) in [6, 6.07) is 5.65. The van der Waals surface area contributed by atoms with Gasteiger partial charge in [0.25, 0.3) is 0 Å². The molecule has 0 saturated heterocycles. The zero-order valence-corrected chi connectivity index (χ0v) is 9.67. The molecule has 0 bridgehead atoms. The number of nitrogens with zero attached hydrogens (tertiary/aromatic N) is 1. The molecule has 1 aromatic rings. The summed E-state index contributed by atoms with van der Waals surface area (Å²) in [5, 5.41) is 0. The van der Waals surface area contributed by atoms with Crippen LogP contribution in [0.1, 0.15) is 15.9 Å². The average Bonchev–Trinajstić information content (AvgIpc) is 2.42. The van der Waals surface area contributed by atoms with Gasteiger partial charge >= 0.3 is 0 Å². The molecular formula is C15H11NO2. The van der Waals surface area contributed by atoms with Crippen molar-refractivity contribution in [1.82, 2.24) is 0 Å². The maximum absolute atomic E-state index is 11.9. The van der Waals surface area contributed by atoms with Gasteiger partial charge in [-0.2, -0.15) is 0 Å². The van der Waals surface area contributed by atoms with Gasteiger partial charge in [0, 0.05) is 11.1 Å². The highest BCUT2D eigenvalue weighted by Crippen LogP contribution is 2.37. The Hall–Kier alpha value is -2.16. The molecule has 18 heavy (non-hydrogen) atoms. The Morgan fingerprint density at radius 1 is 1.22 bits per heavy atom. The monoisotopic (exact) mass is 237 g/mol. The number of hydrogen-bond acceptors (Lipinski definition) is 3. The van der Waals surface area contributed by atoms with Crippen LogP contribution in [0.2, 0.25) is 0 Å². The van der Waals surface area contributed by atoms with E-state index in [0.29, 0.717) is 0 Å². The molecule has 0 spiro atoms. The van der Waals surface area contributed by atoms with E-state index >= 15 is 0 Å². The number of rotatable bonds is 0. The van der Waals surface area contributed by atoms with Crippen molar-refractivity contribution in [3.63, 3.8) is 0 Å². The Balaban J connectivity index is 1.98. The summed E-state index contributed by atoms with van der Waals surface area (Å²) < 4.78 is 5.96. The molecule has 4 rings (SSSR count). The lowest BCUT2D eigenvalue weighted by Crippen LogP contribution is -2.39. The van der Waals surface area contributed by atoms with Gasteiger partial charge in [0.1, 0.15) is 18.4 Å². The van der Waals surface area contributed by atoms with Crippen molar-refractivity contribution in [2.75, 3.05) is 6.54 Å². The van der Waals surface area contributed by atoms with Gasteiger partial charge in [-0.3, -0.25) is 9.79 Å². The topological polar surface area (TPSA) is 38.7 Å². The molecule has 0 aromatic heterocycles. The van der Waals surface area contributed by atoms with Gasteiger partial charge in [-0.15, -0.1) is 0 Å². The Morgan fingerprint density at radius 2 is 2.11 bits per heavy atom. The van der Waals surface area contributed by atoms with Gasteiger partial charge in [-0.25, -0.2) is 0 Å². The van der Waals surface area contributed by atoms with E-state index in [9.17, 15) is 4.79 Å². The van der Waals surface area contributed by atoms with Crippen molar-refractivity contribution >= 4 is 11.5 Å².